The Morgan fingerprint density at radius 2 is 1.89 bits per heavy atom. The molecule has 11 nitrogen and oxygen atoms in total. The highest BCUT2D eigenvalue weighted by Crippen LogP contribution is 2.45. The van der Waals surface area contributed by atoms with Gasteiger partial charge in [-0.25, -0.2) is 14.4 Å². The molecule has 0 fully saturated rings. The number of amides is 2. The summed E-state index contributed by atoms with van der Waals surface area (Å²) in [6.07, 6.45) is 6.40. The van der Waals surface area contributed by atoms with Gasteiger partial charge in [0.25, 0.3) is 5.91 Å². The van der Waals surface area contributed by atoms with E-state index < -0.39 is 28.6 Å². The number of hydrogen-bond donors (Lipinski definition) is 4. The van der Waals surface area contributed by atoms with Crippen LogP contribution in [-0.4, -0.2) is 50.0 Å². The number of aryl methyl sites for hydroxylation is 1. The van der Waals surface area contributed by atoms with Gasteiger partial charge in [-0.2, -0.15) is 0 Å². The van der Waals surface area contributed by atoms with Crippen LogP contribution in [0, 0.1) is 12.7 Å². The molecule has 0 radical (unpaired) electrons. The Balaban J connectivity index is 1.33. The van der Waals surface area contributed by atoms with E-state index in [4.69, 9.17) is 10.5 Å². The molecule has 2 atom stereocenters. The minimum Gasteiger partial charge on any atom is -0.489 e. The molecule has 3 aromatic heterocycles. The van der Waals surface area contributed by atoms with Gasteiger partial charge in [-0.1, -0.05) is 0 Å². The average molecular weight is 608 g/mol. The van der Waals surface area contributed by atoms with Crippen LogP contribution in [0.15, 0.2) is 73.3 Å². The molecule has 12 heteroatoms. The number of hydrogen-bond acceptors (Lipinski definition) is 9. The Kier molecular flexibility index (Phi) is 7.37. The minimum atomic E-state index is -1.70. The summed E-state index contributed by atoms with van der Waals surface area (Å²) < 4.78 is 19.6. The maximum atomic E-state index is 13.7. The maximum Gasteiger partial charge on any atom is 0.251 e. The molecule has 0 saturated carbocycles. The average Bonchev–Trinajstić information content (AvgIpc) is 3.38. The molecule has 4 heterocycles. The van der Waals surface area contributed by atoms with E-state index >= 15 is 0 Å². The number of carbonyl (C=O) groups is 2. The van der Waals surface area contributed by atoms with E-state index in [1.807, 2.05) is 13.0 Å². The molecule has 2 aromatic carbocycles. The fraction of sp³-hybridized carbons (Fsp3) is 0.212. The standard InChI is InChI=1S/C33H30FN7O4/c1-18-10-20-11-21(12-24(27(20)38-14-18)40-26-15-36-8-9-37-26)30(42)39-16-33(3,44)25-13-23-29(45-17-32(23,2)31(35)43)28(41-25)19-4-6-22(34)7-5-19/h4-15,44H,16-17H2,1-3H3,(H2,35,43)(H,37,40)(H,39,42)/t32-,33-/m0/s1. The topological polar surface area (TPSA) is 165 Å². The molecule has 6 rings (SSSR count). The summed E-state index contributed by atoms with van der Waals surface area (Å²) in [6, 6.07) is 12.5. The summed E-state index contributed by atoms with van der Waals surface area (Å²) in [7, 11) is 0. The molecule has 5 aromatic rings. The first-order valence-electron chi connectivity index (χ1n) is 14.1. The summed E-state index contributed by atoms with van der Waals surface area (Å²) in [5.74, 6) is -0.684. The van der Waals surface area contributed by atoms with E-state index in [-0.39, 0.29) is 18.8 Å². The second kappa shape index (κ2) is 11.2. The normalized spacial score (nSPS) is 16.8. The summed E-state index contributed by atoms with van der Waals surface area (Å²) in [5, 5.41) is 18.4. The summed E-state index contributed by atoms with van der Waals surface area (Å²) >= 11 is 0. The Hall–Kier alpha value is -5.49. The van der Waals surface area contributed by atoms with E-state index in [2.05, 4.69) is 30.6 Å². The second-order valence-electron chi connectivity index (χ2n) is 11.5. The molecule has 0 aliphatic carbocycles. The van der Waals surface area contributed by atoms with Gasteiger partial charge in [0.1, 0.15) is 40.7 Å². The van der Waals surface area contributed by atoms with Crippen molar-refractivity contribution in [2.75, 3.05) is 18.5 Å². The number of rotatable bonds is 8. The number of halogens is 1. The van der Waals surface area contributed by atoms with E-state index in [9.17, 15) is 19.1 Å². The third-order valence-electron chi connectivity index (χ3n) is 7.89. The van der Waals surface area contributed by atoms with E-state index in [0.717, 1.165) is 10.9 Å². The number of nitrogens with zero attached hydrogens (tertiary/aromatic N) is 4. The number of nitrogens with one attached hydrogen (secondary N) is 2. The number of pyridine rings is 2. The van der Waals surface area contributed by atoms with Crippen molar-refractivity contribution in [3.63, 3.8) is 0 Å². The van der Waals surface area contributed by atoms with Crippen LogP contribution in [0.3, 0.4) is 0 Å². The lowest BCUT2D eigenvalue weighted by molar-refractivity contribution is -0.123. The highest BCUT2D eigenvalue weighted by atomic mass is 19.1. The minimum absolute atomic E-state index is 0.0168. The molecule has 0 saturated heterocycles. The largest absolute Gasteiger partial charge is 0.489 e. The molecule has 0 unspecified atom stereocenters. The van der Waals surface area contributed by atoms with Crippen molar-refractivity contribution >= 4 is 34.2 Å². The molecule has 5 N–H and O–H groups in total. The van der Waals surface area contributed by atoms with Gasteiger partial charge in [0.15, 0.2) is 0 Å². The molecule has 1 aliphatic heterocycles. The highest BCUT2D eigenvalue weighted by molar-refractivity contribution is 6.03. The van der Waals surface area contributed by atoms with E-state index in [1.165, 1.54) is 31.2 Å². The van der Waals surface area contributed by atoms with Gasteiger partial charge in [-0.05, 0) is 74.9 Å². The number of fused-ring (bicyclic) bond motifs is 2. The van der Waals surface area contributed by atoms with Crippen LogP contribution < -0.4 is 21.1 Å². The zero-order valence-corrected chi connectivity index (χ0v) is 24.8. The predicted molar refractivity (Wildman–Crippen MR) is 165 cm³/mol. The summed E-state index contributed by atoms with van der Waals surface area (Å²) in [4.78, 5) is 43.6. The smallest absolute Gasteiger partial charge is 0.251 e. The third-order valence-corrected chi connectivity index (χ3v) is 7.89. The van der Waals surface area contributed by atoms with Crippen LogP contribution in [-0.2, 0) is 15.8 Å². The summed E-state index contributed by atoms with van der Waals surface area (Å²) in [5.41, 5.74) is 6.76. The van der Waals surface area contributed by atoms with Crippen molar-refractivity contribution in [3.05, 3.63) is 102 Å². The van der Waals surface area contributed by atoms with Crippen LogP contribution in [0.25, 0.3) is 22.2 Å². The quantitative estimate of drug-likeness (QED) is 0.204. The van der Waals surface area contributed by atoms with E-state index in [1.54, 1.807) is 49.9 Å². The number of benzene rings is 2. The van der Waals surface area contributed by atoms with Crippen molar-refractivity contribution in [1.29, 1.82) is 0 Å². The Morgan fingerprint density at radius 3 is 2.60 bits per heavy atom. The van der Waals surface area contributed by atoms with Crippen molar-refractivity contribution in [2.24, 2.45) is 5.73 Å². The molecule has 45 heavy (non-hydrogen) atoms. The molecule has 228 valence electrons. The lowest BCUT2D eigenvalue weighted by atomic mass is 9.82. The number of aliphatic hydroxyl groups is 1. The Morgan fingerprint density at radius 1 is 1.11 bits per heavy atom. The second-order valence-corrected chi connectivity index (χ2v) is 11.5. The summed E-state index contributed by atoms with van der Waals surface area (Å²) in [6.45, 7) is 4.81. The maximum absolute atomic E-state index is 13.7. The Labute approximate surface area is 257 Å². The molecule has 1 aliphatic rings. The Bertz CT molecular complexity index is 1950. The number of carbonyl (C=O) groups excluding carboxylic acids is 2. The fourth-order valence-electron chi connectivity index (χ4n) is 5.20. The monoisotopic (exact) mass is 607 g/mol. The van der Waals surface area contributed by atoms with Gasteiger partial charge in [0.05, 0.1) is 29.6 Å². The molecule has 0 bridgehead atoms. The number of ether oxygens (including phenoxy) is 1. The number of primary amides is 1. The number of nitrogens with two attached hydrogens (primary N) is 1. The van der Waals surface area contributed by atoms with Gasteiger partial charge in [-0.15, -0.1) is 0 Å². The number of anilines is 2. The highest BCUT2D eigenvalue weighted by Gasteiger charge is 2.45. The van der Waals surface area contributed by atoms with Gasteiger partial charge >= 0.3 is 0 Å². The SMILES string of the molecule is Cc1cnc2c(Nc3cnccn3)cc(C(=O)NC[C@](C)(O)c3cc4c(c(-c5ccc(F)cc5)n3)OC[C@]4(C)C(N)=O)cc2c1. The lowest BCUT2D eigenvalue weighted by Crippen LogP contribution is -2.41. The third kappa shape index (κ3) is 5.63. The van der Waals surface area contributed by atoms with Crippen molar-refractivity contribution in [3.8, 4) is 17.0 Å². The van der Waals surface area contributed by atoms with Crippen LogP contribution >= 0.6 is 0 Å². The predicted octanol–water partition coefficient (Wildman–Crippen LogP) is 4.05. The molecular formula is C33H30FN7O4. The van der Waals surface area contributed by atoms with Crippen LogP contribution in [0.1, 0.15) is 41.0 Å². The van der Waals surface area contributed by atoms with E-state index in [0.29, 0.717) is 45.2 Å². The first kappa shape index (κ1) is 29.6. The molecular weight excluding hydrogens is 577 g/mol. The van der Waals surface area contributed by atoms with Gasteiger partial charge < -0.3 is 26.2 Å². The van der Waals surface area contributed by atoms with Crippen molar-refractivity contribution < 1.29 is 23.8 Å². The van der Waals surface area contributed by atoms with Crippen LogP contribution in [0.4, 0.5) is 15.9 Å². The first-order valence-corrected chi connectivity index (χ1v) is 14.1. The van der Waals surface area contributed by atoms with Crippen molar-refractivity contribution in [1.82, 2.24) is 25.3 Å². The van der Waals surface area contributed by atoms with Crippen LogP contribution in [0.2, 0.25) is 0 Å². The molecule has 2 amide bonds. The van der Waals surface area contributed by atoms with Gasteiger partial charge in [0, 0.05) is 40.7 Å². The van der Waals surface area contributed by atoms with Gasteiger partial charge in [-0.3, -0.25) is 19.6 Å². The molecule has 0 spiro atoms. The van der Waals surface area contributed by atoms with Crippen LogP contribution in [0.5, 0.6) is 5.75 Å². The zero-order valence-electron chi connectivity index (χ0n) is 24.8. The first-order chi connectivity index (χ1) is 21.4. The van der Waals surface area contributed by atoms with Gasteiger partial charge in [0.2, 0.25) is 5.91 Å². The zero-order chi connectivity index (χ0) is 31.9. The number of aromatic nitrogens is 4. The fourth-order valence-corrected chi connectivity index (χ4v) is 5.20. The lowest BCUT2D eigenvalue weighted by Gasteiger charge is -2.26. The van der Waals surface area contributed by atoms with Crippen molar-refractivity contribution in [2.45, 2.75) is 31.8 Å².